The molecule has 1 aromatic carbocycles. The first-order chi connectivity index (χ1) is 15.7. The molecule has 2 heterocycles. The Kier molecular flexibility index (Phi) is 2.02. The van der Waals surface area contributed by atoms with Crippen molar-refractivity contribution < 1.29 is 30.7 Å². The number of carbonyl (C=O) groups is 1. The molecule has 0 bridgehead atoms. The van der Waals surface area contributed by atoms with Crippen LogP contribution in [0.2, 0.25) is 0 Å². The largest absolute Gasteiger partial charge is 0.493 e. The van der Waals surface area contributed by atoms with Crippen molar-refractivity contribution in [2.24, 2.45) is 11.8 Å². The molecule has 0 radical (unpaired) electrons. The summed E-state index contributed by atoms with van der Waals surface area (Å²) in [7, 11) is -2.10. The highest BCUT2D eigenvalue weighted by Gasteiger charge is 2.38. The van der Waals surface area contributed by atoms with Crippen LogP contribution < -0.4 is 9.47 Å². The van der Waals surface area contributed by atoms with E-state index in [1.807, 2.05) is 0 Å². The minimum Gasteiger partial charge on any atom is -0.493 e. The fraction of sp³-hybridized carbons (Fsp3) is 0.632. The van der Waals surface area contributed by atoms with Crippen molar-refractivity contribution in [2.45, 2.75) is 39.1 Å². The molecule has 2 unspecified atom stereocenters. The van der Waals surface area contributed by atoms with Crippen molar-refractivity contribution in [3.63, 3.8) is 0 Å². The number of fused-ring (bicyclic) bond motifs is 3. The highest BCUT2D eigenvalue weighted by molar-refractivity contribution is 5.83. The van der Waals surface area contributed by atoms with Gasteiger partial charge in [0.25, 0.3) is 0 Å². The maximum absolute atomic E-state index is 13.2. The molecule has 0 saturated carbocycles. The van der Waals surface area contributed by atoms with E-state index in [1.165, 1.54) is 0 Å². The first-order valence-electron chi connectivity index (χ1n) is 13.4. The number of benzene rings is 1. The number of hydrogen-bond acceptors (Lipinski definition) is 4. The summed E-state index contributed by atoms with van der Waals surface area (Å²) >= 11 is 0. The molecule has 2 atom stereocenters. The summed E-state index contributed by atoms with van der Waals surface area (Å²) in [5.41, 5.74) is -1.50. The summed E-state index contributed by atoms with van der Waals surface area (Å²) in [4.78, 5) is 13.5. The van der Waals surface area contributed by atoms with Gasteiger partial charge in [0.05, 0.1) is 22.4 Å². The van der Waals surface area contributed by atoms with Gasteiger partial charge in [0, 0.05) is 39.6 Å². The van der Waals surface area contributed by atoms with E-state index in [9.17, 15) is 4.79 Å². The van der Waals surface area contributed by atoms with Gasteiger partial charge in [-0.05, 0) is 41.9 Å². The third-order valence-corrected chi connectivity index (χ3v) is 3.81. The second-order valence-electron chi connectivity index (χ2n) is 5.94. The Morgan fingerprint density at radius 3 is 2.96 bits per heavy atom. The standard InChI is InChI=1S/C19H27NO3/c1-12(2)7-14-11-20-6-5-13-8-18(22-3)19(23-4)9-15(13)16(20)10-17(14)21/h8-9,12,14,16H,5-7,10-11H2,1-4H3/i4D3,5D2,6D2,8D,9D,11D2,16D. The quantitative estimate of drug-likeness (QED) is 0.850. The van der Waals surface area contributed by atoms with E-state index in [2.05, 4.69) is 0 Å². The summed E-state index contributed by atoms with van der Waals surface area (Å²) in [5, 5.41) is 0. The Morgan fingerprint density at radius 1 is 1.48 bits per heavy atom. The van der Waals surface area contributed by atoms with E-state index >= 15 is 0 Å². The van der Waals surface area contributed by atoms with Crippen LogP contribution >= 0.6 is 0 Å². The van der Waals surface area contributed by atoms with E-state index in [0.717, 1.165) is 7.11 Å². The number of carbonyl (C=O) groups excluding carboxylic acids is 1. The number of Topliss-reactive ketones (excluding diaryl/α,β-unsaturated/α-hetero) is 1. The van der Waals surface area contributed by atoms with Crippen LogP contribution in [0.25, 0.3) is 0 Å². The smallest absolute Gasteiger partial charge is 0.161 e. The van der Waals surface area contributed by atoms with E-state index in [1.54, 1.807) is 13.8 Å². The van der Waals surface area contributed by atoms with Gasteiger partial charge in [0.2, 0.25) is 0 Å². The van der Waals surface area contributed by atoms with E-state index in [-0.39, 0.29) is 12.3 Å². The van der Waals surface area contributed by atoms with Crippen LogP contribution in [0.1, 0.15) is 60.3 Å². The van der Waals surface area contributed by atoms with Gasteiger partial charge >= 0.3 is 0 Å². The van der Waals surface area contributed by atoms with Gasteiger partial charge in [-0.1, -0.05) is 13.8 Å². The van der Waals surface area contributed by atoms with Gasteiger partial charge in [0.15, 0.2) is 11.5 Å². The average molecular weight is 330 g/mol. The van der Waals surface area contributed by atoms with Gasteiger partial charge < -0.3 is 9.47 Å². The lowest BCUT2D eigenvalue weighted by Gasteiger charge is -2.43. The Bertz CT molecular complexity index is 1050. The third kappa shape index (κ3) is 3.09. The minimum absolute atomic E-state index is 0.0117. The summed E-state index contributed by atoms with van der Waals surface area (Å²) < 4.78 is 110. The molecule has 0 spiro atoms. The summed E-state index contributed by atoms with van der Waals surface area (Å²) in [6.45, 7) is -2.62. The highest BCUT2D eigenvalue weighted by Crippen LogP contribution is 2.42. The normalized spacial score (nSPS) is 42.3. The van der Waals surface area contributed by atoms with Crippen LogP contribution in [0.15, 0.2) is 12.1 Å². The second kappa shape index (κ2) is 6.52. The lowest BCUT2D eigenvalue weighted by Crippen LogP contribution is -2.46. The number of hydrogen-bond donors (Lipinski definition) is 0. The Hall–Kier alpha value is -1.55. The van der Waals surface area contributed by atoms with E-state index in [0.29, 0.717) is 4.90 Å². The lowest BCUT2D eigenvalue weighted by molar-refractivity contribution is -0.129. The molecule has 0 aliphatic carbocycles. The number of rotatable bonds is 4. The fourth-order valence-electron chi connectivity index (χ4n) is 2.73. The molecule has 3 rings (SSSR count). The van der Waals surface area contributed by atoms with Crippen LogP contribution in [0.4, 0.5) is 0 Å². The van der Waals surface area contributed by atoms with Crippen LogP contribution in [-0.4, -0.2) is 37.8 Å². The molecule has 1 aromatic rings. The maximum atomic E-state index is 13.2. The zero-order chi connectivity index (χ0) is 27.1. The molecular weight excluding hydrogens is 290 g/mol. The fourth-order valence-corrected chi connectivity index (χ4v) is 2.73. The minimum atomic E-state index is -3.25. The van der Waals surface area contributed by atoms with Crippen LogP contribution in [0.5, 0.6) is 11.5 Å². The molecule has 4 heteroatoms. The van der Waals surface area contributed by atoms with Gasteiger partial charge in [-0.15, -0.1) is 0 Å². The van der Waals surface area contributed by atoms with Crippen LogP contribution in [0, 0.1) is 11.8 Å². The van der Waals surface area contributed by atoms with Crippen LogP contribution in [0.3, 0.4) is 0 Å². The predicted molar refractivity (Wildman–Crippen MR) is 90.1 cm³/mol. The first-order valence-corrected chi connectivity index (χ1v) is 7.40. The summed E-state index contributed by atoms with van der Waals surface area (Å²) in [6, 6.07) is -4.42. The second-order valence-corrected chi connectivity index (χ2v) is 5.94. The number of ether oxygens (including phenoxy) is 2. The monoisotopic (exact) mass is 329 g/mol. The number of piperidine rings is 1. The van der Waals surface area contributed by atoms with Crippen molar-refractivity contribution in [2.75, 3.05) is 27.1 Å². The number of nitrogens with zero attached hydrogens (tertiary/aromatic N) is 1. The molecule has 1 fully saturated rings. The summed E-state index contributed by atoms with van der Waals surface area (Å²) in [6.07, 6.45) is -3.96. The van der Waals surface area contributed by atoms with Gasteiger partial charge in [0.1, 0.15) is 5.78 Å². The lowest BCUT2D eigenvalue weighted by atomic mass is 9.80. The van der Waals surface area contributed by atoms with Crippen molar-refractivity contribution in [1.29, 1.82) is 0 Å². The van der Waals surface area contributed by atoms with Gasteiger partial charge in [-0.2, -0.15) is 0 Å². The highest BCUT2D eigenvalue weighted by atomic mass is 16.5. The first kappa shape index (κ1) is 7.14. The number of methoxy groups -OCH3 is 2. The number of ketones is 1. The summed E-state index contributed by atoms with van der Waals surface area (Å²) in [5.74, 6) is -3.73. The molecule has 126 valence electrons. The van der Waals surface area contributed by atoms with E-state index < -0.39 is 85.3 Å². The molecule has 1 saturated heterocycles. The molecular formula is C19H27NO3. The molecule has 4 nitrogen and oxygen atoms in total. The maximum Gasteiger partial charge on any atom is 0.161 e. The topological polar surface area (TPSA) is 38.8 Å². The SMILES string of the molecule is [2H]c1c(OC([2H])([2H])[2H])c(OC)c([2H])c2c1C1([2H])CC(=O)C(CC(C)C)C([2H])([2H])N1C([2H])([2H])C2([2H])[2H]. The molecule has 0 N–H and O–H groups in total. The Balaban J connectivity index is 2.47. The van der Waals surface area contributed by atoms with Crippen molar-refractivity contribution in [3.8, 4) is 11.5 Å². The molecule has 0 aromatic heterocycles. The van der Waals surface area contributed by atoms with Crippen molar-refractivity contribution in [3.05, 3.63) is 23.2 Å². The van der Waals surface area contributed by atoms with Gasteiger partial charge in [-0.3, -0.25) is 9.69 Å². The van der Waals surface area contributed by atoms with Crippen molar-refractivity contribution >= 4 is 5.78 Å². The predicted octanol–water partition coefficient (Wildman–Crippen LogP) is 3.24. The Labute approximate surface area is 155 Å². The molecule has 2 aliphatic heterocycles. The zero-order valence-electron chi connectivity index (χ0n) is 25.2. The third-order valence-electron chi connectivity index (χ3n) is 3.81. The molecule has 2 aliphatic rings. The molecule has 0 amide bonds. The average Bonchev–Trinajstić information content (AvgIpc) is 2.64. The van der Waals surface area contributed by atoms with Crippen molar-refractivity contribution in [1.82, 2.24) is 4.90 Å². The Morgan fingerprint density at radius 2 is 2.26 bits per heavy atom. The van der Waals surface area contributed by atoms with Gasteiger partial charge in [-0.25, -0.2) is 0 Å². The molecule has 23 heavy (non-hydrogen) atoms. The zero-order valence-corrected chi connectivity index (χ0v) is 13.2. The van der Waals surface area contributed by atoms with E-state index in [4.69, 9.17) is 25.9 Å². The van der Waals surface area contributed by atoms with Crippen LogP contribution in [-0.2, 0) is 11.2 Å².